The number of amides is 1. The van der Waals surface area contributed by atoms with E-state index in [1.54, 1.807) is 12.1 Å². The van der Waals surface area contributed by atoms with E-state index >= 15 is 0 Å². The normalized spacial score (nSPS) is 23.5. The van der Waals surface area contributed by atoms with Gasteiger partial charge in [0, 0.05) is 18.1 Å². The van der Waals surface area contributed by atoms with E-state index in [4.69, 9.17) is 16.3 Å². The van der Waals surface area contributed by atoms with E-state index in [0.717, 1.165) is 24.9 Å². The number of likely N-dealkylation sites (tertiary alicyclic amines) is 1. The van der Waals surface area contributed by atoms with Gasteiger partial charge in [-0.2, -0.15) is 0 Å². The van der Waals surface area contributed by atoms with Crippen molar-refractivity contribution in [3.8, 4) is 5.75 Å². The van der Waals surface area contributed by atoms with Crippen LogP contribution in [0.2, 0.25) is 5.02 Å². The summed E-state index contributed by atoms with van der Waals surface area (Å²) in [4.78, 5) is 14.5. The quantitative estimate of drug-likeness (QED) is 0.824. The van der Waals surface area contributed by atoms with Gasteiger partial charge in [0.25, 0.3) is 5.91 Å². The number of halogens is 2. The molecule has 0 radical (unpaired) electrons. The van der Waals surface area contributed by atoms with Crippen LogP contribution in [0.1, 0.15) is 34.9 Å². The standard InChI is InChI=1S/C21H22ClFN2O3/c22-15-4-1-3-14(9-15)18(26)11-25-8-2-7-21(13-25)12-24-20(27)17-10-16(23)5-6-19(17)28-21/h1,3-6,9-10,18,26H,2,7-8,11-13H2,(H,24,27)/t18-,21+/m0/s1. The monoisotopic (exact) mass is 404 g/mol. The van der Waals surface area contributed by atoms with Gasteiger partial charge in [-0.05, 0) is 55.3 Å². The molecule has 1 fully saturated rings. The molecule has 0 saturated carbocycles. The summed E-state index contributed by atoms with van der Waals surface area (Å²) in [5.41, 5.74) is 0.376. The summed E-state index contributed by atoms with van der Waals surface area (Å²) >= 11 is 6.03. The number of ether oxygens (including phenoxy) is 1. The summed E-state index contributed by atoms with van der Waals surface area (Å²) in [6, 6.07) is 11.2. The first-order valence-corrected chi connectivity index (χ1v) is 9.75. The molecule has 148 valence electrons. The number of aliphatic hydroxyl groups excluding tert-OH is 1. The second-order valence-corrected chi connectivity index (χ2v) is 7.95. The SMILES string of the molecule is O=C1NC[C@@]2(CCCN(C[C@H](O)c3cccc(Cl)c3)C2)Oc2ccc(F)cc21. The van der Waals surface area contributed by atoms with Crippen molar-refractivity contribution in [2.45, 2.75) is 24.5 Å². The largest absolute Gasteiger partial charge is 0.483 e. The van der Waals surface area contributed by atoms with Crippen molar-refractivity contribution in [1.82, 2.24) is 10.2 Å². The van der Waals surface area contributed by atoms with Gasteiger partial charge in [-0.1, -0.05) is 23.7 Å². The van der Waals surface area contributed by atoms with E-state index < -0.39 is 17.5 Å². The van der Waals surface area contributed by atoms with Crippen LogP contribution in [0.4, 0.5) is 4.39 Å². The zero-order chi connectivity index (χ0) is 19.7. The highest BCUT2D eigenvalue weighted by molar-refractivity contribution is 6.30. The Balaban J connectivity index is 1.51. The molecule has 0 aliphatic carbocycles. The van der Waals surface area contributed by atoms with Gasteiger partial charge in [0.1, 0.15) is 17.2 Å². The van der Waals surface area contributed by atoms with E-state index in [9.17, 15) is 14.3 Å². The van der Waals surface area contributed by atoms with E-state index in [1.807, 2.05) is 12.1 Å². The van der Waals surface area contributed by atoms with Gasteiger partial charge in [-0.25, -0.2) is 4.39 Å². The molecule has 0 bridgehead atoms. The molecule has 4 rings (SSSR count). The van der Waals surface area contributed by atoms with Gasteiger partial charge in [0.2, 0.25) is 0 Å². The van der Waals surface area contributed by atoms with Crippen LogP contribution in [-0.4, -0.2) is 47.7 Å². The van der Waals surface area contributed by atoms with E-state index in [0.29, 0.717) is 30.4 Å². The average molecular weight is 405 g/mol. The molecule has 1 saturated heterocycles. The first-order chi connectivity index (χ1) is 13.4. The van der Waals surface area contributed by atoms with Crippen LogP contribution in [0.15, 0.2) is 42.5 Å². The fraction of sp³-hybridized carbons (Fsp3) is 0.381. The molecule has 28 heavy (non-hydrogen) atoms. The Morgan fingerprint density at radius 1 is 1.32 bits per heavy atom. The molecule has 1 spiro atoms. The summed E-state index contributed by atoms with van der Waals surface area (Å²) in [7, 11) is 0. The summed E-state index contributed by atoms with van der Waals surface area (Å²) in [5.74, 6) is -0.403. The number of aliphatic hydroxyl groups is 1. The third-order valence-electron chi connectivity index (χ3n) is 5.37. The lowest BCUT2D eigenvalue weighted by atomic mass is 9.91. The minimum absolute atomic E-state index is 0.216. The molecule has 2 N–H and O–H groups in total. The van der Waals surface area contributed by atoms with Gasteiger partial charge in [-0.15, -0.1) is 0 Å². The number of β-amino-alcohol motifs (C(OH)–C–C–N with tert-alkyl or cyclic N) is 1. The van der Waals surface area contributed by atoms with E-state index in [1.165, 1.54) is 18.2 Å². The third-order valence-corrected chi connectivity index (χ3v) is 5.60. The molecule has 2 heterocycles. The molecule has 0 aromatic heterocycles. The van der Waals surface area contributed by atoms with Crippen molar-refractivity contribution in [3.05, 3.63) is 64.4 Å². The van der Waals surface area contributed by atoms with E-state index in [2.05, 4.69) is 10.2 Å². The predicted octanol–water partition coefficient (Wildman–Crippen LogP) is 3.17. The van der Waals surface area contributed by atoms with Crippen LogP contribution >= 0.6 is 11.6 Å². The molecule has 2 aromatic carbocycles. The highest BCUT2D eigenvalue weighted by Crippen LogP contribution is 2.33. The molecular formula is C21H22ClFN2O3. The zero-order valence-electron chi connectivity index (χ0n) is 15.3. The zero-order valence-corrected chi connectivity index (χ0v) is 16.1. The van der Waals surface area contributed by atoms with Gasteiger partial charge < -0.3 is 15.2 Å². The fourth-order valence-electron chi connectivity index (χ4n) is 4.01. The van der Waals surface area contributed by atoms with Gasteiger partial charge in [0.05, 0.1) is 18.2 Å². The Labute approximate surface area is 168 Å². The third kappa shape index (κ3) is 3.99. The van der Waals surface area contributed by atoms with Crippen molar-refractivity contribution < 1.29 is 19.0 Å². The topological polar surface area (TPSA) is 61.8 Å². The lowest BCUT2D eigenvalue weighted by Crippen LogP contribution is -2.57. The summed E-state index contributed by atoms with van der Waals surface area (Å²) in [6.45, 7) is 2.16. The molecule has 0 unspecified atom stereocenters. The number of hydrogen-bond donors (Lipinski definition) is 2. The van der Waals surface area contributed by atoms with Crippen molar-refractivity contribution in [3.63, 3.8) is 0 Å². The minimum atomic E-state index is -0.671. The maximum Gasteiger partial charge on any atom is 0.255 e. The van der Waals surface area contributed by atoms with Gasteiger partial charge in [0.15, 0.2) is 0 Å². The maximum atomic E-state index is 13.5. The van der Waals surface area contributed by atoms with Crippen LogP contribution < -0.4 is 10.1 Å². The number of fused-ring (bicyclic) bond motifs is 1. The number of hydrogen-bond acceptors (Lipinski definition) is 4. The molecule has 5 nitrogen and oxygen atoms in total. The Morgan fingerprint density at radius 2 is 2.18 bits per heavy atom. The number of nitrogens with one attached hydrogen (secondary N) is 1. The maximum absolute atomic E-state index is 13.5. The molecule has 2 aromatic rings. The van der Waals surface area contributed by atoms with Crippen LogP contribution in [0, 0.1) is 5.82 Å². The Hall–Kier alpha value is -2.15. The Bertz CT molecular complexity index is 894. The van der Waals surface area contributed by atoms with Crippen LogP contribution in [0.3, 0.4) is 0 Å². The Kier molecular flexibility index (Phi) is 5.27. The van der Waals surface area contributed by atoms with Crippen LogP contribution in [-0.2, 0) is 0 Å². The molecule has 2 atom stereocenters. The van der Waals surface area contributed by atoms with Crippen molar-refractivity contribution in [1.29, 1.82) is 0 Å². The predicted molar refractivity (Wildman–Crippen MR) is 104 cm³/mol. The lowest BCUT2D eigenvalue weighted by molar-refractivity contribution is -0.0185. The Morgan fingerprint density at radius 3 is 3.00 bits per heavy atom. The molecule has 2 aliphatic heterocycles. The molecule has 7 heteroatoms. The van der Waals surface area contributed by atoms with Crippen LogP contribution in [0.25, 0.3) is 0 Å². The minimum Gasteiger partial charge on any atom is -0.483 e. The lowest BCUT2D eigenvalue weighted by Gasteiger charge is -2.42. The van der Waals surface area contributed by atoms with Gasteiger partial charge >= 0.3 is 0 Å². The number of nitrogens with zero attached hydrogens (tertiary/aromatic N) is 1. The highest BCUT2D eigenvalue weighted by Gasteiger charge is 2.41. The molecule has 1 amide bonds. The van der Waals surface area contributed by atoms with Crippen LogP contribution in [0.5, 0.6) is 5.75 Å². The van der Waals surface area contributed by atoms with Gasteiger partial charge in [-0.3, -0.25) is 9.69 Å². The molecular weight excluding hydrogens is 383 g/mol. The number of benzene rings is 2. The van der Waals surface area contributed by atoms with Crippen molar-refractivity contribution in [2.75, 3.05) is 26.2 Å². The summed E-state index contributed by atoms with van der Waals surface area (Å²) in [6.07, 6.45) is 0.971. The first kappa shape index (κ1) is 19.2. The van der Waals surface area contributed by atoms with Crippen molar-refractivity contribution in [2.24, 2.45) is 0 Å². The van der Waals surface area contributed by atoms with Crippen molar-refractivity contribution >= 4 is 17.5 Å². The first-order valence-electron chi connectivity index (χ1n) is 9.37. The summed E-state index contributed by atoms with van der Waals surface area (Å²) < 4.78 is 19.8. The average Bonchev–Trinajstić information content (AvgIpc) is 2.79. The fourth-order valence-corrected chi connectivity index (χ4v) is 4.21. The molecule has 2 aliphatic rings. The van der Waals surface area contributed by atoms with E-state index in [-0.39, 0.29) is 11.5 Å². The number of rotatable bonds is 3. The second kappa shape index (κ2) is 7.70. The smallest absolute Gasteiger partial charge is 0.255 e. The summed E-state index contributed by atoms with van der Waals surface area (Å²) in [5, 5.41) is 14.1. The number of carbonyl (C=O) groups is 1. The second-order valence-electron chi connectivity index (χ2n) is 7.52. The highest BCUT2D eigenvalue weighted by atomic mass is 35.5. The number of carbonyl (C=O) groups excluding carboxylic acids is 1. The number of piperidine rings is 1.